The maximum absolute atomic E-state index is 12.8. The number of carbonyl (C=O) groups is 2. The van der Waals surface area contributed by atoms with E-state index in [1.807, 2.05) is 61.5 Å². The molecule has 2 N–H and O–H groups in total. The van der Waals surface area contributed by atoms with E-state index in [0.717, 1.165) is 36.1 Å². The van der Waals surface area contributed by atoms with Crippen LogP contribution in [0.5, 0.6) is 0 Å². The zero-order valence-electron chi connectivity index (χ0n) is 19.1. The van der Waals surface area contributed by atoms with E-state index in [-0.39, 0.29) is 24.4 Å². The molecule has 7 heteroatoms. The molecule has 33 heavy (non-hydrogen) atoms. The zero-order chi connectivity index (χ0) is 23.0. The van der Waals surface area contributed by atoms with Crippen molar-refractivity contribution in [3.05, 3.63) is 54.6 Å². The van der Waals surface area contributed by atoms with Crippen LogP contribution in [0.1, 0.15) is 51.9 Å². The van der Waals surface area contributed by atoms with Crippen molar-refractivity contribution in [3.8, 4) is 22.8 Å². The van der Waals surface area contributed by atoms with Gasteiger partial charge >= 0.3 is 0 Å². The van der Waals surface area contributed by atoms with E-state index in [0.29, 0.717) is 18.1 Å². The highest BCUT2D eigenvalue weighted by Gasteiger charge is 2.19. The lowest BCUT2D eigenvalue weighted by Crippen LogP contribution is -2.38. The third-order valence-corrected chi connectivity index (χ3v) is 5.87. The number of hydrogen-bond donors (Lipinski definition) is 2. The topological polar surface area (TPSA) is 88.9 Å². The van der Waals surface area contributed by atoms with Gasteiger partial charge in [0, 0.05) is 29.3 Å². The van der Waals surface area contributed by atoms with Crippen molar-refractivity contribution in [2.45, 2.75) is 64.5 Å². The van der Waals surface area contributed by atoms with Crippen molar-refractivity contribution in [2.75, 3.05) is 5.32 Å². The summed E-state index contributed by atoms with van der Waals surface area (Å²) < 4.78 is 1.68. The van der Waals surface area contributed by atoms with Crippen LogP contribution in [0.3, 0.4) is 0 Å². The van der Waals surface area contributed by atoms with Gasteiger partial charge in [-0.25, -0.2) is 9.67 Å². The Labute approximate surface area is 194 Å². The van der Waals surface area contributed by atoms with Crippen LogP contribution in [0.15, 0.2) is 54.6 Å². The maximum Gasteiger partial charge on any atom is 0.242 e. The van der Waals surface area contributed by atoms with Crippen molar-refractivity contribution in [2.24, 2.45) is 0 Å². The minimum atomic E-state index is -0.0375. The van der Waals surface area contributed by atoms with E-state index in [1.54, 1.807) is 4.68 Å². The van der Waals surface area contributed by atoms with Crippen molar-refractivity contribution >= 4 is 17.5 Å². The van der Waals surface area contributed by atoms with Gasteiger partial charge in [0.2, 0.25) is 11.8 Å². The molecule has 2 amide bonds. The predicted molar refractivity (Wildman–Crippen MR) is 129 cm³/mol. The average Bonchev–Trinajstić information content (AvgIpc) is 3.24. The standard InChI is InChI=1S/C26H31N5O2/c1-2-9-23(32)27-22-16-14-19(15-17-22)25-29-26(20-10-5-3-6-11-20)31(30-25)18-24(33)28-21-12-7-4-8-13-21/h3,5-6,10-11,14-17,21H,2,4,7-9,12-13,18H2,1H3,(H,27,32)(H,28,33). The van der Waals surface area contributed by atoms with Gasteiger partial charge in [0.05, 0.1) is 0 Å². The molecule has 1 saturated carbocycles. The molecular weight excluding hydrogens is 414 g/mol. The first-order chi connectivity index (χ1) is 16.1. The Kier molecular flexibility index (Phi) is 7.50. The van der Waals surface area contributed by atoms with E-state index in [1.165, 1.54) is 19.3 Å². The summed E-state index contributed by atoms with van der Waals surface area (Å²) in [6.45, 7) is 2.10. The van der Waals surface area contributed by atoms with Gasteiger partial charge in [-0.1, -0.05) is 56.5 Å². The number of amides is 2. The van der Waals surface area contributed by atoms with Crippen LogP contribution >= 0.6 is 0 Å². The summed E-state index contributed by atoms with van der Waals surface area (Å²) in [5, 5.41) is 10.7. The largest absolute Gasteiger partial charge is 0.352 e. The van der Waals surface area contributed by atoms with E-state index < -0.39 is 0 Å². The molecule has 2 aromatic carbocycles. The molecular formula is C26H31N5O2. The molecule has 1 fully saturated rings. The van der Waals surface area contributed by atoms with Crippen molar-refractivity contribution < 1.29 is 9.59 Å². The van der Waals surface area contributed by atoms with Crippen molar-refractivity contribution in [3.63, 3.8) is 0 Å². The number of aromatic nitrogens is 3. The van der Waals surface area contributed by atoms with Crippen LogP contribution in [0.2, 0.25) is 0 Å². The number of rotatable bonds is 8. The Morgan fingerprint density at radius 2 is 1.67 bits per heavy atom. The van der Waals surface area contributed by atoms with Crippen LogP contribution < -0.4 is 10.6 Å². The summed E-state index contributed by atoms with van der Waals surface area (Å²) in [6.07, 6.45) is 6.98. The molecule has 172 valence electrons. The molecule has 3 aromatic rings. The van der Waals surface area contributed by atoms with Crippen LogP contribution in [0, 0.1) is 0 Å². The summed E-state index contributed by atoms with van der Waals surface area (Å²) in [7, 11) is 0. The van der Waals surface area contributed by atoms with Gasteiger partial charge < -0.3 is 10.6 Å². The first-order valence-electron chi connectivity index (χ1n) is 11.8. The van der Waals surface area contributed by atoms with Crippen LogP contribution in [-0.4, -0.2) is 32.6 Å². The Balaban J connectivity index is 1.54. The first kappa shape index (κ1) is 22.7. The Bertz CT molecular complexity index is 1070. The van der Waals surface area contributed by atoms with Gasteiger partial charge in [0.15, 0.2) is 11.6 Å². The first-order valence-corrected chi connectivity index (χ1v) is 11.8. The molecule has 0 radical (unpaired) electrons. The van der Waals surface area contributed by atoms with Crippen LogP contribution in [0.4, 0.5) is 5.69 Å². The number of hydrogen-bond acceptors (Lipinski definition) is 4. The SMILES string of the molecule is CCCC(=O)Nc1ccc(-c2nc(-c3ccccc3)n(CC(=O)NC3CCCCC3)n2)cc1. The Morgan fingerprint density at radius 3 is 2.36 bits per heavy atom. The predicted octanol–water partition coefficient (Wildman–Crippen LogP) is 4.80. The summed E-state index contributed by atoms with van der Waals surface area (Å²) in [5.74, 6) is 1.17. The van der Waals surface area contributed by atoms with Gasteiger partial charge in [-0.15, -0.1) is 5.10 Å². The van der Waals surface area contributed by atoms with E-state index >= 15 is 0 Å². The summed E-state index contributed by atoms with van der Waals surface area (Å²) >= 11 is 0. The number of carbonyl (C=O) groups excluding carboxylic acids is 2. The quantitative estimate of drug-likeness (QED) is 0.521. The van der Waals surface area contributed by atoms with E-state index in [2.05, 4.69) is 15.7 Å². The molecule has 4 rings (SSSR count). The minimum absolute atomic E-state index is 0.00277. The van der Waals surface area contributed by atoms with Gasteiger partial charge in [0.25, 0.3) is 0 Å². The monoisotopic (exact) mass is 445 g/mol. The van der Waals surface area contributed by atoms with Crippen molar-refractivity contribution in [1.29, 1.82) is 0 Å². The zero-order valence-corrected chi connectivity index (χ0v) is 19.1. The van der Waals surface area contributed by atoms with Crippen LogP contribution in [0.25, 0.3) is 22.8 Å². The fraction of sp³-hybridized carbons (Fsp3) is 0.385. The average molecular weight is 446 g/mol. The Hall–Kier alpha value is -3.48. The number of nitrogens with one attached hydrogen (secondary N) is 2. The molecule has 0 saturated heterocycles. The third kappa shape index (κ3) is 6.06. The van der Waals surface area contributed by atoms with Gasteiger partial charge in [-0.3, -0.25) is 9.59 Å². The molecule has 0 atom stereocenters. The van der Waals surface area contributed by atoms with Crippen LogP contribution in [-0.2, 0) is 16.1 Å². The fourth-order valence-electron chi connectivity index (χ4n) is 4.18. The van der Waals surface area contributed by atoms with E-state index in [9.17, 15) is 9.59 Å². The molecule has 7 nitrogen and oxygen atoms in total. The molecule has 0 spiro atoms. The molecule has 0 aliphatic heterocycles. The summed E-state index contributed by atoms with van der Waals surface area (Å²) in [4.78, 5) is 29.4. The minimum Gasteiger partial charge on any atom is -0.352 e. The molecule has 1 heterocycles. The highest BCUT2D eigenvalue weighted by Crippen LogP contribution is 2.24. The summed E-state index contributed by atoms with van der Waals surface area (Å²) in [6, 6.07) is 17.5. The van der Waals surface area contributed by atoms with Gasteiger partial charge in [-0.2, -0.15) is 0 Å². The third-order valence-electron chi connectivity index (χ3n) is 5.87. The fourth-order valence-corrected chi connectivity index (χ4v) is 4.18. The molecule has 1 aliphatic carbocycles. The molecule has 1 aliphatic rings. The van der Waals surface area contributed by atoms with Gasteiger partial charge in [0.1, 0.15) is 6.54 Å². The van der Waals surface area contributed by atoms with E-state index in [4.69, 9.17) is 4.98 Å². The lowest BCUT2D eigenvalue weighted by atomic mass is 9.95. The molecule has 0 bridgehead atoms. The molecule has 1 aromatic heterocycles. The smallest absolute Gasteiger partial charge is 0.242 e. The highest BCUT2D eigenvalue weighted by atomic mass is 16.2. The number of anilines is 1. The lowest BCUT2D eigenvalue weighted by molar-refractivity contribution is -0.122. The normalized spacial score (nSPS) is 14.1. The van der Waals surface area contributed by atoms with Gasteiger partial charge in [-0.05, 0) is 43.5 Å². The Morgan fingerprint density at radius 1 is 0.939 bits per heavy atom. The lowest BCUT2D eigenvalue weighted by Gasteiger charge is -2.22. The van der Waals surface area contributed by atoms with Crippen molar-refractivity contribution in [1.82, 2.24) is 20.1 Å². The second-order valence-electron chi connectivity index (χ2n) is 8.56. The second-order valence-corrected chi connectivity index (χ2v) is 8.56. The highest BCUT2D eigenvalue weighted by molar-refractivity contribution is 5.90. The molecule has 0 unspecified atom stereocenters. The number of nitrogens with zero attached hydrogens (tertiary/aromatic N) is 3. The summed E-state index contributed by atoms with van der Waals surface area (Å²) in [5.41, 5.74) is 2.48. The number of benzene rings is 2. The second kappa shape index (κ2) is 10.9. The maximum atomic E-state index is 12.8.